The minimum absolute atomic E-state index is 0.419. The molecule has 1 unspecified atom stereocenters. The summed E-state index contributed by atoms with van der Waals surface area (Å²) in [4.78, 5) is 10.8. The predicted octanol–water partition coefficient (Wildman–Crippen LogP) is 1.28. The van der Waals surface area contributed by atoms with Gasteiger partial charge in [0.05, 0.1) is 4.47 Å². The van der Waals surface area contributed by atoms with Crippen molar-refractivity contribution in [2.45, 2.75) is 13.3 Å². The Bertz CT molecular complexity index is 399. The van der Waals surface area contributed by atoms with Crippen LogP contribution in [-0.2, 0) is 0 Å². The first-order chi connectivity index (χ1) is 8.72. The van der Waals surface area contributed by atoms with Gasteiger partial charge in [-0.05, 0) is 41.4 Å². The van der Waals surface area contributed by atoms with Gasteiger partial charge in [-0.25, -0.2) is 10.8 Å². The van der Waals surface area contributed by atoms with Gasteiger partial charge in [0.2, 0.25) is 5.95 Å². The maximum absolute atomic E-state index is 5.30. The van der Waals surface area contributed by atoms with Crippen LogP contribution in [0.25, 0.3) is 0 Å². The van der Waals surface area contributed by atoms with E-state index < -0.39 is 0 Å². The fourth-order valence-corrected chi connectivity index (χ4v) is 2.50. The number of nitrogens with zero attached hydrogens (tertiary/aromatic N) is 3. The van der Waals surface area contributed by atoms with Crippen molar-refractivity contribution in [3.8, 4) is 0 Å². The molecule has 0 radical (unpaired) electrons. The molecule has 2 rings (SSSR count). The number of nitrogen functional groups attached to an aromatic ring is 1. The molecule has 1 atom stereocenters. The Morgan fingerprint density at radius 3 is 3.11 bits per heavy atom. The lowest BCUT2D eigenvalue weighted by atomic mass is 10.1. The van der Waals surface area contributed by atoms with E-state index in [1.807, 2.05) is 0 Å². The number of hydrazine groups is 1. The van der Waals surface area contributed by atoms with Crippen molar-refractivity contribution in [3.63, 3.8) is 0 Å². The Morgan fingerprint density at radius 2 is 2.44 bits per heavy atom. The van der Waals surface area contributed by atoms with E-state index in [0.717, 1.165) is 29.9 Å². The van der Waals surface area contributed by atoms with Gasteiger partial charge in [0.1, 0.15) is 5.82 Å². The van der Waals surface area contributed by atoms with Crippen molar-refractivity contribution in [2.24, 2.45) is 11.8 Å². The third-order valence-electron chi connectivity index (χ3n) is 3.25. The first kappa shape index (κ1) is 13.5. The summed E-state index contributed by atoms with van der Waals surface area (Å²) in [7, 11) is 0. The van der Waals surface area contributed by atoms with Gasteiger partial charge in [0.25, 0.3) is 0 Å². The van der Waals surface area contributed by atoms with Gasteiger partial charge in [-0.2, -0.15) is 4.98 Å². The molecule has 100 valence electrons. The molecule has 1 aliphatic heterocycles. The number of aromatic nitrogens is 2. The molecule has 4 N–H and O–H groups in total. The summed E-state index contributed by atoms with van der Waals surface area (Å²) in [5.74, 6) is 7.18. The average Bonchev–Trinajstić information content (AvgIpc) is 2.86. The second-order valence-corrected chi connectivity index (χ2v) is 5.32. The van der Waals surface area contributed by atoms with Gasteiger partial charge in [0.15, 0.2) is 0 Å². The van der Waals surface area contributed by atoms with Crippen LogP contribution in [-0.4, -0.2) is 41.0 Å². The highest BCUT2D eigenvalue weighted by molar-refractivity contribution is 9.10. The molecule has 1 aliphatic rings. The van der Waals surface area contributed by atoms with Crippen LogP contribution in [0.1, 0.15) is 13.3 Å². The fourth-order valence-electron chi connectivity index (χ4n) is 2.17. The summed E-state index contributed by atoms with van der Waals surface area (Å²) in [6.45, 7) is 6.62. The highest BCUT2D eigenvalue weighted by Crippen LogP contribution is 2.22. The largest absolute Gasteiger partial charge is 0.369 e. The van der Waals surface area contributed by atoms with Crippen molar-refractivity contribution in [2.75, 3.05) is 36.9 Å². The van der Waals surface area contributed by atoms with Gasteiger partial charge < -0.3 is 10.2 Å². The highest BCUT2D eigenvalue weighted by Gasteiger charge is 2.21. The van der Waals surface area contributed by atoms with Gasteiger partial charge >= 0.3 is 0 Å². The van der Waals surface area contributed by atoms with E-state index in [0.29, 0.717) is 11.9 Å². The molecule has 1 fully saturated rings. The first-order valence-electron chi connectivity index (χ1n) is 6.18. The minimum Gasteiger partial charge on any atom is -0.369 e. The summed E-state index contributed by atoms with van der Waals surface area (Å²) in [6, 6.07) is 0. The quantitative estimate of drug-likeness (QED) is 0.561. The van der Waals surface area contributed by atoms with Crippen molar-refractivity contribution in [1.29, 1.82) is 0 Å². The van der Waals surface area contributed by atoms with Crippen molar-refractivity contribution in [1.82, 2.24) is 14.9 Å². The number of likely N-dealkylation sites (tertiary alicyclic amines) is 1. The molecule has 0 aromatic carbocycles. The molecule has 0 saturated carbocycles. The first-order valence-corrected chi connectivity index (χ1v) is 6.97. The second kappa shape index (κ2) is 6.31. The van der Waals surface area contributed by atoms with Gasteiger partial charge in [-0.1, -0.05) is 6.92 Å². The normalized spacial score (nSPS) is 20.1. The number of anilines is 2. The summed E-state index contributed by atoms with van der Waals surface area (Å²) in [6.07, 6.45) is 2.93. The molecule has 7 heteroatoms. The number of nitrogens with two attached hydrogens (primary N) is 1. The van der Waals surface area contributed by atoms with E-state index >= 15 is 0 Å². The highest BCUT2D eigenvalue weighted by atomic mass is 79.9. The summed E-state index contributed by atoms with van der Waals surface area (Å²) >= 11 is 3.43. The molecule has 6 nitrogen and oxygen atoms in total. The third-order valence-corrected chi connectivity index (χ3v) is 3.83. The average molecular weight is 315 g/mol. The maximum Gasteiger partial charge on any atom is 0.239 e. The van der Waals surface area contributed by atoms with E-state index in [4.69, 9.17) is 5.84 Å². The molecule has 2 heterocycles. The SMILES string of the molecule is CCN1CCC(CNc2nc(NN)ncc2Br)C1. The number of rotatable bonds is 5. The van der Waals surface area contributed by atoms with Crippen molar-refractivity contribution < 1.29 is 0 Å². The Balaban J connectivity index is 1.90. The molecule has 0 amide bonds. The smallest absolute Gasteiger partial charge is 0.239 e. The van der Waals surface area contributed by atoms with E-state index in [1.54, 1.807) is 6.20 Å². The summed E-state index contributed by atoms with van der Waals surface area (Å²) in [5.41, 5.74) is 2.45. The molecule has 1 aromatic rings. The van der Waals surface area contributed by atoms with Crippen LogP contribution in [0.2, 0.25) is 0 Å². The molecule has 0 spiro atoms. The number of nitrogens with one attached hydrogen (secondary N) is 2. The fraction of sp³-hybridized carbons (Fsp3) is 0.636. The topological polar surface area (TPSA) is 79.1 Å². The Labute approximate surface area is 115 Å². The zero-order valence-corrected chi connectivity index (χ0v) is 12.1. The van der Waals surface area contributed by atoms with Crippen LogP contribution in [0.15, 0.2) is 10.7 Å². The van der Waals surface area contributed by atoms with Crippen LogP contribution >= 0.6 is 15.9 Å². The molecule has 18 heavy (non-hydrogen) atoms. The Kier molecular flexibility index (Phi) is 4.73. The Hall–Kier alpha value is -0.920. The van der Waals surface area contributed by atoms with Crippen LogP contribution in [0, 0.1) is 5.92 Å². The van der Waals surface area contributed by atoms with Crippen LogP contribution < -0.4 is 16.6 Å². The lowest BCUT2D eigenvalue weighted by Crippen LogP contribution is -2.23. The molecule has 0 bridgehead atoms. The zero-order valence-electron chi connectivity index (χ0n) is 10.5. The predicted molar refractivity (Wildman–Crippen MR) is 76.3 cm³/mol. The molecule has 1 aromatic heterocycles. The molecular weight excluding hydrogens is 296 g/mol. The van der Waals surface area contributed by atoms with Gasteiger partial charge in [-0.15, -0.1) is 0 Å². The molecule has 0 aliphatic carbocycles. The minimum atomic E-state index is 0.419. The molecule has 1 saturated heterocycles. The lowest BCUT2D eigenvalue weighted by molar-refractivity contribution is 0.345. The third kappa shape index (κ3) is 3.30. The van der Waals surface area contributed by atoms with Crippen molar-refractivity contribution >= 4 is 27.7 Å². The van der Waals surface area contributed by atoms with Gasteiger partial charge in [0, 0.05) is 19.3 Å². The second-order valence-electron chi connectivity index (χ2n) is 4.46. The monoisotopic (exact) mass is 314 g/mol. The van der Waals surface area contributed by atoms with Crippen LogP contribution in [0.4, 0.5) is 11.8 Å². The van der Waals surface area contributed by atoms with Crippen LogP contribution in [0.5, 0.6) is 0 Å². The van der Waals surface area contributed by atoms with Gasteiger partial charge in [-0.3, -0.25) is 5.43 Å². The lowest BCUT2D eigenvalue weighted by Gasteiger charge is -2.14. The Morgan fingerprint density at radius 1 is 1.61 bits per heavy atom. The number of halogens is 1. The van der Waals surface area contributed by atoms with E-state index in [1.165, 1.54) is 13.0 Å². The van der Waals surface area contributed by atoms with E-state index in [-0.39, 0.29) is 0 Å². The van der Waals surface area contributed by atoms with E-state index in [9.17, 15) is 0 Å². The summed E-state index contributed by atoms with van der Waals surface area (Å²) < 4.78 is 0.854. The van der Waals surface area contributed by atoms with Crippen LogP contribution in [0.3, 0.4) is 0 Å². The maximum atomic E-state index is 5.30. The molecular formula is C11H19BrN6. The van der Waals surface area contributed by atoms with Crippen molar-refractivity contribution in [3.05, 3.63) is 10.7 Å². The number of hydrogen-bond donors (Lipinski definition) is 3. The number of hydrogen-bond acceptors (Lipinski definition) is 6. The zero-order chi connectivity index (χ0) is 13.0. The summed E-state index contributed by atoms with van der Waals surface area (Å²) in [5, 5.41) is 3.35. The standard InChI is InChI=1S/C11H19BrN6/c1-2-18-4-3-8(7-18)5-14-10-9(12)6-15-11(16-10)17-13/h6,8H,2-5,7,13H2,1H3,(H2,14,15,16,17). The van der Waals surface area contributed by atoms with E-state index in [2.05, 4.69) is 48.5 Å².